The van der Waals surface area contributed by atoms with E-state index in [1.807, 2.05) is 0 Å². The van der Waals surface area contributed by atoms with Crippen molar-refractivity contribution in [3.63, 3.8) is 0 Å². The Morgan fingerprint density at radius 3 is 0.250 bits per heavy atom. The van der Waals surface area contributed by atoms with E-state index in [2.05, 4.69) is 0 Å². The molecule has 0 aromatic rings. The van der Waals surface area contributed by atoms with Gasteiger partial charge in [0.1, 0.15) is 0 Å². The molecule has 0 saturated carbocycles. The molecule has 0 radical (unpaired) electrons. The van der Waals surface area contributed by atoms with Crippen LogP contribution >= 0.6 is 0 Å². The molecule has 8 heavy (non-hydrogen) atoms. The summed E-state index contributed by atoms with van der Waals surface area (Å²) in [6.07, 6.45) is 0. The van der Waals surface area contributed by atoms with E-state index in [1.54, 1.807) is 0 Å². The van der Waals surface area contributed by atoms with Crippen LogP contribution in [0, 0.1) is 0 Å². The average molecular weight is 258 g/mol. The zero-order valence-electron chi connectivity index (χ0n) is 3.56. The zero-order chi connectivity index (χ0) is 0. The Hall–Kier alpha value is 1.36. The normalized spacial score (nSPS) is 0. The van der Waals surface area contributed by atoms with E-state index in [0.717, 1.165) is 0 Å². The fraction of sp³-hybridized carbons (Fsp3) is 0. The molecule has 0 spiro atoms. The Morgan fingerprint density at radius 1 is 0.250 bits per heavy atom. The summed E-state index contributed by atoms with van der Waals surface area (Å²) in [7, 11) is 0. The smallest absolute Gasteiger partial charge is 0 e. The van der Waals surface area contributed by atoms with Crippen molar-refractivity contribution in [1.82, 2.24) is 0 Å². The van der Waals surface area contributed by atoms with Crippen molar-refractivity contribution in [1.29, 1.82) is 0 Å². The first-order chi connectivity index (χ1) is 0. The van der Waals surface area contributed by atoms with Gasteiger partial charge in [-0.2, -0.15) is 0 Å². The third-order valence-corrected chi connectivity index (χ3v) is 0. The summed E-state index contributed by atoms with van der Waals surface area (Å²) in [5.74, 6) is 0. The molecule has 0 saturated heterocycles. The van der Waals surface area contributed by atoms with Crippen LogP contribution in [0.2, 0.25) is 0 Å². The molecule has 0 aliphatic rings. The SMILES string of the molecule is O.O.O.O.O.[Fe].[Fe].[Fe]. The molecule has 64 valence electrons. The van der Waals surface area contributed by atoms with Crippen LogP contribution in [-0.2, 0) is 51.2 Å². The van der Waals surface area contributed by atoms with Crippen molar-refractivity contribution in [2.75, 3.05) is 0 Å². The van der Waals surface area contributed by atoms with Gasteiger partial charge in [0.2, 0.25) is 0 Å². The molecule has 0 aliphatic carbocycles. The molecule has 5 nitrogen and oxygen atoms in total. The van der Waals surface area contributed by atoms with Gasteiger partial charge in [0, 0.05) is 51.2 Å². The first kappa shape index (κ1) is 354. The van der Waals surface area contributed by atoms with E-state index in [1.165, 1.54) is 0 Å². The van der Waals surface area contributed by atoms with E-state index in [-0.39, 0.29) is 78.6 Å². The fourth-order valence-corrected chi connectivity index (χ4v) is 0. The monoisotopic (exact) mass is 258 g/mol. The van der Waals surface area contributed by atoms with Gasteiger partial charge in [0.15, 0.2) is 0 Å². The molecule has 0 aromatic heterocycles. The molecule has 8 heteroatoms. The average Bonchev–Trinajstić information content (AvgIpc) is 0. The van der Waals surface area contributed by atoms with Crippen molar-refractivity contribution in [2.24, 2.45) is 0 Å². The summed E-state index contributed by atoms with van der Waals surface area (Å²) in [4.78, 5) is 0. The maximum atomic E-state index is 0. The van der Waals surface area contributed by atoms with Gasteiger partial charge >= 0.3 is 0 Å². The van der Waals surface area contributed by atoms with Gasteiger partial charge in [-0.3, -0.25) is 0 Å². The van der Waals surface area contributed by atoms with Crippen LogP contribution in [0.5, 0.6) is 0 Å². The Kier molecular flexibility index (Phi) is 10900. The van der Waals surface area contributed by atoms with Gasteiger partial charge in [-0.05, 0) is 0 Å². The summed E-state index contributed by atoms with van der Waals surface area (Å²) in [6.45, 7) is 0. The fourth-order valence-electron chi connectivity index (χ4n) is 0. The standard InChI is InChI=1S/3Fe.5H2O/h;;;5*1H2. The van der Waals surface area contributed by atoms with Crippen LogP contribution in [0.3, 0.4) is 0 Å². The van der Waals surface area contributed by atoms with E-state index < -0.39 is 0 Å². The van der Waals surface area contributed by atoms with E-state index >= 15 is 0 Å². The van der Waals surface area contributed by atoms with Crippen molar-refractivity contribution in [3.8, 4) is 0 Å². The van der Waals surface area contributed by atoms with Gasteiger partial charge in [-0.15, -0.1) is 0 Å². The quantitative estimate of drug-likeness (QED) is 0.386. The van der Waals surface area contributed by atoms with Gasteiger partial charge in [0.25, 0.3) is 0 Å². The molecule has 0 bridgehead atoms. The van der Waals surface area contributed by atoms with Crippen LogP contribution in [0.25, 0.3) is 0 Å². The van der Waals surface area contributed by atoms with Crippen molar-refractivity contribution < 1.29 is 78.6 Å². The Morgan fingerprint density at radius 2 is 0.250 bits per heavy atom. The third-order valence-electron chi connectivity index (χ3n) is 0. The second kappa shape index (κ2) is 245. The molecular formula is H10Fe3O5. The second-order valence-corrected chi connectivity index (χ2v) is 0. The Bertz CT molecular complexity index is 7.64. The van der Waals surface area contributed by atoms with Crippen LogP contribution in [0.4, 0.5) is 0 Å². The van der Waals surface area contributed by atoms with E-state index in [0.29, 0.717) is 0 Å². The predicted octanol–water partition coefficient (Wildman–Crippen LogP) is -4.13. The number of hydrogen-bond donors (Lipinski definition) is 0. The van der Waals surface area contributed by atoms with Crippen LogP contribution in [0.1, 0.15) is 0 Å². The Balaban J connectivity index is 0. The molecule has 0 aliphatic heterocycles. The van der Waals surface area contributed by atoms with Gasteiger partial charge in [0.05, 0.1) is 0 Å². The molecule has 10 N–H and O–H groups in total. The maximum absolute atomic E-state index is 0. The van der Waals surface area contributed by atoms with Gasteiger partial charge < -0.3 is 27.4 Å². The summed E-state index contributed by atoms with van der Waals surface area (Å²) in [5.41, 5.74) is 0. The van der Waals surface area contributed by atoms with E-state index in [4.69, 9.17) is 0 Å². The molecule has 0 heterocycles. The van der Waals surface area contributed by atoms with Crippen molar-refractivity contribution in [3.05, 3.63) is 0 Å². The molecule has 0 unspecified atom stereocenters. The summed E-state index contributed by atoms with van der Waals surface area (Å²) >= 11 is 0. The second-order valence-electron chi connectivity index (χ2n) is 0. The minimum atomic E-state index is 0. The van der Waals surface area contributed by atoms with Gasteiger partial charge in [-0.1, -0.05) is 0 Å². The summed E-state index contributed by atoms with van der Waals surface area (Å²) in [5, 5.41) is 0. The topological polar surface area (TPSA) is 158 Å². The molecule has 0 aromatic carbocycles. The first-order valence-electron chi connectivity index (χ1n) is 0. The largest absolute Gasteiger partial charge is 0.412 e. The molecule has 0 atom stereocenters. The summed E-state index contributed by atoms with van der Waals surface area (Å²) < 4.78 is 0. The van der Waals surface area contributed by atoms with Gasteiger partial charge in [-0.25, -0.2) is 0 Å². The first-order valence-corrected chi connectivity index (χ1v) is 0. The predicted molar refractivity (Wildman–Crippen MR) is 18.1 cm³/mol. The summed E-state index contributed by atoms with van der Waals surface area (Å²) in [6, 6.07) is 0. The minimum absolute atomic E-state index is 0. The zero-order valence-corrected chi connectivity index (χ0v) is 6.87. The molecular weight excluding hydrogens is 248 g/mol. The minimum Gasteiger partial charge on any atom is -0.412 e. The number of hydrogen-bond acceptors (Lipinski definition) is 0. The molecule has 0 rings (SSSR count). The third kappa shape index (κ3) is 161. The van der Waals surface area contributed by atoms with E-state index in [9.17, 15) is 0 Å². The Labute approximate surface area is 78.6 Å². The van der Waals surface area contributed by atoms with Crippen molar-refractivity contribution >= 4 is 0 Å². The van der Waals surface area contributed by atoms with Crippen molar-refractivity contribution in [2.45, 2.75) is 0 Å². The van der Waals surface area contributed by atoms with Crippen LogP contribution < -0.4 is 0 Å². The van der Waals surface area contributed by atoms with Crippen LogP contribution in [0.15, 0.2) is 0 Å². The molecule has 0 fully saturated rings. The maximum Gasteiger partial charge on any atom is 0 e. The molecule has 0 amide bonds. The number of rotatable bonds is 0. The van der Waals surface area contributed by atoms with Crippen LogP contribution in [-0.4, -0.2) is 27.4 Å².